The molecule has 0 spiro atoms. The van der Waals surface area contributed by atoms with E-state index < -0.39 is 0 Å². The molecule has 0 radical (unpaired) electrons. The van der Waals surface area contributed by atoms with Gasteiger partial charge in [-0.25, -0.2) is 9.97 Å². The molecule has 1 aliphatic heterocycles. The molecular formula is C19H21N7O. The van der Waals surface area contributed by atoms with Gasteiger partial charge >= 0.3 is 0 Å². The molecule has 0 atom stereocenters. The summed E-state index contributed by atoms with van der Waals surface area (Å²) in [5.41, 5.74) is 9.42. The number of nitrogens with zero attached hydrogens (tertiary/aromatic N) is 4. The molecule has 1 amide bonds. The third-order valence-electron chi connectivity index (χ3n) is 4.47. The summed E-state index contributed by atoms with van der Waals surface area (Å²) in [6, 6.07) is 11.5. The first-order valence-corrected chi connectivity index (χ1v) is 8.93. The number of nitrogens with one attached hydrogen (secondary N) is 2. The van der Waals surface area contributed by atoms with Crippen LogP contribution in [0.15, 0.2) is 42.6 Å². The highest BCUT2D eigenvalue weighted by molar-refractivity contribution is 5.99. The molecule has 138 valence electrons. The zero-order valence-electron chi connectivity index (χ0n) is 14.9. The Kier molecular flexibility index (Phi) is 4.80. The van der Waals surface area contributed by atoms with E-state index in [9.17, 15) is 4.79 Å². The van der Waals surface area contributed by atoms with Crippen LogP contribution in [-0.4, -0.2) is 32.2 Å². The summed E-state index contributed by atoms with van der Waals surface area (Å²) in [6.07, 6.45) is 2.51. The second-order valence-corrected chi connectivity index (χ2v) is 6.42. The van der Waals surface area contributed by atoms with Gasteiger partial charge in [0, 0.05) is 24.8 Å². The molecular weight excluding hydrogens is 342 g/mol. The van der Waals surface area contributed by atoms with Gasteiger partial charge in [-0.15, -0.1) is 0 Å². The summed E-state index contributed by atoms with van der Waals surface area (Å²) in [5.74, 6) is -0.120. The van der Waals surface area contributed by atoms with E-state index in [1.54, 1.807) is 0 Å². The summed E-state index contributed by atoms with van der Waals surface area (Å²) in [7, 11) is 0. The number of hydrogen-bond donors (Lipinski definition) is 3. The van der Waals surface area contributed by atoms with Gasteiger partial charge in [-0.05, 0) is 19.0 Å². The SMILES string of the molecule is Nc1ncc(C(=O)NCc2cc3n(n2)CCCNC3)c(-c2ccccc2)n1. The van der Waals surface area contributed by atoms with E-state index in [0.717, 1.165) is 43.0 Å². The lowest BCUT2D eigenvalue weighted by molar-refractivity contribution is 0.0950. The highest BCUT2D eigenvalue weighted by atomic mass is 16.1. The maximum absolute atomic E-state index is 12.7. The predicted octanol–water partition coefficient (Wildman–Crippen LogP) is 1.35. The van der Waals surface area contributed by atoms with Crippen LogP contribution in [0.3, 0.4) is 0 Å². The van der Waals surface area contributed by atoms with Crippen LogP contribution in [0, 0.1) is 0 Å². The molecule has 0 fully saturated rings. The zero-order valence-corrected chi connectivity index (χ0v) is 14.9. The molecule has 0 aliphatic carbocycles. The van der Waals surface area contributed by atoms with Crippen molar-refractivity contribution in [2.75, 3.05) is 12.3 Å². The van der Waals surface area contributed by atoms with Crippen LogP contribution in [0.25, 0.3) is 11.3 Å². The minimum atomic E-state index is -0.254. The summed E-state index contributed by atoms with van der Waals surface area (Å²) in [5, 5.41) is 10.9. The van der Waals surface area contributed by atoms with Crippen molar-refractivity contribution in [1.82, 2.24) is 30.4 Å². The van der Waals surface area contributed by atoms with Gasteiger partial charge in [-0.1, -0.05) is 30.3 Å². The van der Waals surface area contributed by atoms with Crippen LogP contribution in [0.1, 0.15) is 28.2 Å². The van der Waals surface area contributed by atoms with Crippen LogP contribution in [-0.2, 0) is 19.6 Å². The first kappa shape index (κ1) is 17.2. The molecule has 1 aliphatic rings. The molecule has 8 nitrogen and oxygen atoms in total. The largest absolute Gasteiger partial charge is 0.368 e. The van der Waals surface area contributed by atoms with Crippen molar-refractivity contribution in [3.8, 4) is 11.3 Å². The number of carbonyl (C=O) groups excluding carboxylic acids is 1. The van der Waals surface area contributed by atoms with Crippen molar-refractivity contribution in [1.29, 1.82) is 0 Å². The molecule has 3 aromatic rings. The molecule has 0 unspecified atom stereocenters. The maximum Gasteiger partial charge on any atom is 0.255 e. The van der Waals surface area contributed by atoms with Gasteiger partial charge < -0.3 is 16.4 Å². The number of anilines is 1. The number of aromatic nitrogens is 4. The molecule has 0 bridgehead atoms. The van der Waals surface area contributed by atoms with E-state index in [-0.39, 0.29) is 11.9 Å². The van der Waals surface area contributed by atoms with E-state index in [0.29, 0.717) is 17.8 Å². The predicted molar refractivity (Wildman–Crippen MR) is 102 cm³/mol. The van der Waals surface area contributed by atoms with Crippen molar-refractivity contribution >= 4 is 11.9 Å². The van der Waals surface area contributed by atoms with Gasteiger partial charge in [-0.2, -0.15) is 5.10 Å². The van der Waals surface area contributed by atoms with Gasteiger partial charge in [-0.3, -0.25) is 9.48 Å². The van der Waals surface area contributed by atoms with E-state index in [1.807, 2.05) is 41.1 Å². The molecule has 2 aromatic heterocycles. The molecule has 0 saturated heterocycles. The fraction of sp³-hybridized carbons (Fsp3) is 0.263. The normalized spacial score (nSPS) is 13.6. The minimum Gasteiger partial charge on any atom is -0.368 e. The fourth-order valence-corrected chi connectivity index (χ4v) is 3.15. The Morgan fingerprint density at radius 1 is 1.30 bits per heavy atom. The number of carbonyl (C=O) groups is 1. The quantitative estimate of drug-likeness (QED) is 0.645. The molecule has 8 heteroatoms. The number of nitrogen functional groups attached to an aromatic ring is 1. The maximum atomic E-state index is 12.7. The van der Waals surface area contributed by atoms with Gasteiger partial charge in [0.25, 0.3) is 5.91 Å². The van der Waals surface area contributed by atoms with Gasteiger partial charge in [0.05, 0.1) is 29.2 Å². The van der Waals surface area contributed by atoms with Crippen molar-refractivity contribution in [2.45, 2.75) is 26.1 Å². The summed E-state index contributed by atoms with van der Waals surface area (Å²) in [4.78, 5) is 21.0. The smallest absolute Gasteiger partial charge is 0.255 e. The Bertz CT molecular complexity index is 928. The van der Waals surface area contributed by atoms with Crippen LogP contribution in [0.5, 0.6) is 0 Å². The summed E-state index contributed by atoms with van der Waals surface area (Å²) < 4.78 is 2.00. The third-order valence-corrected chi connectivity index (χ3v) is 4.47. The molecule has 27 heavy (non-hydrogen) atoms. The number of rotatable bonds is 4. The first-order chi connectivity index (χ1) is 13.2. The van der Waals surface area contributed by atoms with Crippen LogP contribution in [0.2, 0.25) is 0 Å². The van der Waals surface area contributed by atoms with Crippen molar-refractivity contribution in [2.24, 2.45) is 0 Å². The summed E-state index contributed by atoms with van der Waals surface area (Å²) in [6.45, 7) is 3.03. The van der Waals surface area contributed by atoms with E-state index in [2.05, 4.69) is 25.7 Å². The molecule has 1 aromatic carbocycles. The topological polar surface area (TPSA) is 111 Å². The average molecular weight is 363 g/mol. The average Bonchev–Trinajstić information content (AvgIpc) is 2.95. The monoisotopic (exact) mass is 363 g/mol. The first-order valence-electron chi connectivity index (χ1n) is 8.93. The minimum absolute atomic E-state index is 0.135. The molecule has 4 N–H and O–H groups in total. The highest BCUT2D eigenvalue weighted by Crippen LogP contribution is 2.21. The second kappa shape index (κ2) is 7.55. The van der Waals surface area contributed by atoms with Gasteiger partial charge in [0.2, 0.25) is 5.95 Å². The fourth-order valence-electron chi connectivity index (χ4n) is 3.15. The molecule has 3 heterocycles. The lowest BCUT2D eigenvalue weighted by atomic mass is 10.1. The lowest BCUT2D eigenvalue weighted by Crippen LogP contribution is -2.24. The Morgan fingerprint density at radius 3 is 3.00 bits per heavy atom. The van der Waals surface area contributed by atoms with Crippen LogP contribution < -0.4 is 16.4 Å². The number of amides is 1. The number of fused-ring (bicyclic) bond motifs is 1. The van der Waals surface area contributed by atoms with Crippen molar-refractivity contribution in [3.63, 3.8) is 0 Å². The van der Waals surface area contributed by atoms with Crippen LogP contribution >= 0.6 is 0 Å². The van der Waals surface area contributed by atoms with Gasteiger partial charge in [0.15, 0.2) is 0 Å². The molecule has 4 rings (SSSR count). The second-order valence-electron chi connectivity index (χ2n) is 6.42. The van der Waals surface area contributed by atoms with Crippen molar-refractivity contribution < 1.29 is 4.79 Å². The number of hydrogen-bond acceptors (Lipinski definition) is 6. The Labute approximate surface area is 156 Å². The lowest BCUT2D eigenvalue weighted by Gasteiger charge is -2.09. The van der Waals surface area contributed by atoms with E-state index in [4.69, 9.17) is 5.73 Å². The van der Waals surface area contributed by atoms with E-state index in [1.165, 1.54) is 6.20 Å². The van der Waals surface area contributed by atoms with E-state index >= 15 is 0 Å². The summed E-state index contributed by atoms with van der Waals surface area (Å²) >= 11 is 0. The third kappa shape index (κ3) is 3.80. The van der Waals surface area contributed by atoms with Crippen LogP contribution in [0.4, 0.5) is 5.95 Å². The Balaban J connectivity index is 1.52. The highest BCUT2D eigenvalue weighted by Gasteiger charge is 2.17. The van der Waals surface area contributed by atoms with Crippen molar-refractivity contribution in [3.05, 3.63) is 59.5 Å². The van der Waals surface area contributed by atoms with Gasteiger partial charge in [0.1, 0.15) is 0 Å². The Hall–Kier alpha value is -3.26. The number of benzene rings is 1. The standard InChI is InChI=1S/C19H21N7O/c20-19-23-12-16(17(24-19)13-5-2-1-3-6-13)18(27)22-10-14-9-15-11-21-7-4-8-26(15)25-14/h1-3,5-6,9,12,21H,4,7-8,10-11H2,(H,22,27)(H2,20,23,24). The number of nitrogens with two attached hydrogens (primary N) is 1. The molecule has 0 saturated carbocycles. The number of aryl methyl sites for hydroxylation is 1. The zero-order chi connectivity index (χ0) is 18.6. The Morgan fingerprint density at radius 2 is 2.15 bits per heavy atom.